The molecule has 9 aromatic carbocycles. The van der Waals surface area contributed by atoms with Crippen molar-refractivity contribution in [2.75, 3.05) is 4.90 Å². The fraction of sp³-hybridized carbons (Fsp3) is 0.0536. The fourth-order valence-corrected chi connectivity index (χ4v) is 11.3. The molecule has 0 aliphatic heterocycles. The molecule has 0 saturated heterocycles. The van der Waals surface area contributed by atoms with Gasteiger partial charge < -0.3 is 9.32 Å². The van der Waals surface area contributed by atoms with Crippen molar-refractivity contribution in [2.45, 2.75) is 19.3 Å². The van der Waals surface area contributed by atoms with Gasteiger partial charge in [0.2, 0.25) is 0 Å². The van der Waals surface area contributed by atoms with E-state index in [2.05, 4.69) is 188 Å². The summed E-state index contributed by atoms with van der Waals surface area (Å²) in [5.74, 6) is 0. The van der Waals surface area contributed by atoms with Crippen LogP contribution >= 0.6 is 11.3 Å². The second-order valence-corrected chi connectivity index (χ2v) is 17.8. The summed E-state index contributed by atoms with van der Waals surface area (Å²) in [6.07, 6.45) is 1.85. The van der Waals surface area contributed by atoms with Crippen LogP contribution in [0.2, 0.25) is 0 Å². The van der Waals surface area contributed by atoms with Gasteiger partial charge in [-0.15, -0.1) is 11.3 Å². The number of fused-ring (bicyclic) bond motifs is 15. The first-order chi connectivity index (χ1) is 29.5. The molecule has 0 radical (unpaired) electrons. The molecule has 3 nitrogen and oxygen atoms in total. The third kappa shape index (κ3) is 4.80. The Labute approximate surface area is 350 Å². The van der Waals surface area contributed by atoms with E-state index in [-0.39, 0.29) is 5.41 Å². The van der Waals surface area contributed by atoms with Crippen LogP contribution in [0, 0.1) is 0 Å². The smallest absolute Gasteiger partial charge is 0.135 e. The van der Waals surface area contributed by atoms with Crippen LogP contribution in [0.15, 0.2) is 187 Å². The molecule has 0 unspecified atom stereocenters. The molecule has 0 amide bonds. The maximum atomic E-state index is 6.46. The van der Waals surface area contributed by atoms with E-state index in [0.717, 1.165) is 50.3 Å². The molecule has 0 atom stereocenters. The summed E-state index contributed by atoms with van der Waals surface area (Å²) in [7, 11) is 0. The predicted molar refractivity (Wildman–Crippen MR) is 255 cm³/mol. The molecule has 0 N–H and O–H groups in total. The normalized spacial score (nSPS) is 13.3. The van der Waals surface area contributed by atoms with Crippen LogP contribution in [0.5, 0.6) is 0 Å². The lowest BCUT2D eigenvalue weighted by Crippen LogP contribution is -2.16. The van der Waals surface area contributed by atoms with E-state index in [1.807, 2.05) is 29.7 Å². The Bertz CT molecular complexity index is 3760. The lowest BCUT2D eigenvalue weighted by atomic mass is 9.82. The molecular formula is C56H36N2OS. The van der Waals surface area contributed by atoms with E-state index >= 15 is 0 Å². The first kappa shape index (κ1) is 33.7. The molecular weight excluding hydrogens is 749 g/mol. The van der Waals surface area contributed by atoms with Gasteiger partial charge in [-0.1, -0.05) is 98.8 Å². The van der Waals surface area contributed by atoms with E-state index in [0.29, 0.717) is 0 Å². The summed E-state index contributed by atoms with van der Waals surface area (Å²) in [6.45, 7) is 4.71. The minimum absolute atomic E-state index is 0.137. The van der Waals surface area contributed by atoms with Gasteiger partial charge in [-0.3, -0.25) is 4.98 Å². The van der Waals surface area contributed by atoms with Gasteiger partial charge in [-0.2, -0.15) is 0 Å². The number of pyridine rings is 1. The average molecular weight is 785 g/mol. The number of rotatable bonds is 4. The van der Waals surface area contributed by atoms with Crippen molar-refractivity contribution >= 4 is 103 Å². The molecule has 282 valence electrons. The quantitative estimate of drug-likeness (QED) is 0.166. The summed E-state index contributed by atoms with van der Waals surface area (Å²) < 4.78 is 9.04. The van der Waals surface area contributed by atoms with Gasteiger partial charge >= 0.3 is 0 Å². The maximum absolute atomic E-state index is 6.46. The number of benzene rings is 9. The Morgan fingerprint density at radius 2 is 1.02 bits per heavy atom. The third-order valence-electron chi connectivity index (χ3n) is 13.1. The maximum Gasteiger partial charge on any atom is 0.135 e. The number of aromatic nitrogens is 1. The van der Waals surface area contributed by atoms with Crippen molar-refractivity contribution < 1.29 is 4.42 Å². The van der Waals surface area contributed by atoms with Crippen LogP contribution in [0.25, 0.3) is 96.8 Å². The van der Waals surface area contributed by atoms with Crippen molar-refractivity contribution in [3.8, 4) is 22.4 Å². The number of furan rings is 1. The Morgan fingerprint density at radius 1 is 0.433 bits per heavy atom. The molecule has 0 bridgehead atoms. The molecule has 3 aromatic heterocycles. The second-order valence-electron chi connectivity index (χ2n) is 16.7. The largest absolute Gasteiger partial charge is 0.456 e. The first-order valence-electron chi connectivity index (χ1n) is 20.6. The van der Waals surface area contributed by atoms with Crippen molar-refractivity contribution in [3.05, 3.63) is 193 Å². The van der Waals surface area contributed by atoms with E-state index in [9.17, 15) is 0 Å². The highest BCUT2D eigenvalue weighted by molar-refractivity contribution is 7.25. The zero-order chi connectivity index (χ0) is 39.7. The number of hydrogen-bond acceptors (Lipinski definition) is 4. The lowest BCUT2D eigenvalue weighted by Gasteiger charge is -2.28. The topological polar surface area (TPSA) is 29.3 Å². The zero-order valence-electron chi connectivity index (χ0n) is 33.0. The van der Waals surface area contributed by atoms with Crippen molar-refractivity contribution in [1.29, 1.82) is 0 Å². The highest BCUT2D eigenvalue weighted by Gasteiger charge is 2.36. The highest BCUT2D eigenvalue weighted by atomic mass is 32.1. The van der Waals surface area contributed by atoms with E-state index in [4.69, 9.17) is 4.42 Å². The molecule has 1 aliphatic carbocycles. The Balaban J connectivity index is 1.05. The van der Waals surface area contributed by atoms with E-state index < -0.39 is 0 Å². The van der Waals surface area contributed by atoms with Crippen LogP contribution in [0.3, 0.4) is 0 Å². The van der Waals surface area contributed by atoms with Crippen LogP contribution in [-0.2, 0) is 5.41 Å². The Hall–Kier alpha value is -7.27. The number of anilines is 3. The standard InChI is InChI=1S/C56H36N2OS/c1-56(2)49-16-8-7-15-41(49)42-22-19-36(30-50(42)56)58(34-20-24-53-46(28-34)45-27-33(18-23-52(45)59-53)51-17-9-10-26-57-51)35-21-25-54-47(29-35)48-31-43-39-13-5-3-11-37(39)38-12-4-6-14-40(38)44(43)32-55(48)60-54/h3-32H,1-2H3. The van der Waals surface area contributed by atoms with Gasteiger partial charge in [-0.05, 0) is 146 Å². The molecule has 4 heteroatoms. The molecule has 1 aliphatic rings. The minimum Gasteiger partial charge on any atom is -0.456 e. The van der Waals surface area contributed by atoms with Crippen molar-refractivity contribution in [1.82, 2.24) is 4.98 Å². The first-order valence-corrected chi connectivity index (χ1v) is 21.4. The Morgan fingerprint density at radius 3 is 1.78 bits per heavy atom. The molecule has 0 fully saturated rings. The van der Waals surface area contributed by atoms with Crippen LogP contribution < -0.4 is 4.90 Å². The van der Waals surface area contributed by atoms with Gasteiger partial charge in [0.05, 0.1) is 5.69 Å². The number of hydrogen-bond donors (Lipinski definition) is 0. The van der Waals surface area contributed by atoms with Gasteiger partial charge in [0.1, 0.15) is 11.2 Å². The van der Waals surface area contributed by atoms with Crippen LogP contribution in [0.4, 0.5) is 17.1 Å². The number of thiophene rings is 1. The molecule has 0 spiro atoms. The van der Waals surface area contributed by atoms with Gasteiger partial charge in [0, 0.05) is 65.2 Å². The van der Waals surface area contributed by atoms with Gasteiger partial charge in [0.15, 0.2) is 0 Å². The summed E-state index contributed by atoms with van der Waals surface area (Å²) in [5.41, 5.74) is 12.3. The lowest BCUT2D eigenvalue weighted by molar-refractivity contribution is 0.660. The molecule has 12 aromatic rings. The summed E-state index contributed by atoms with van der Waals surface area (Å²) in [5, 5.41) is 12.5. The summed E-state index contributed by atoms with van der Waals surface area (Å²) in [6, 6.07) is 64.6. The third-order valence-corrected chi connectivity index (χ3v) is 14.2. The highest BCUT2D eigenvalue weighted by Crippen LogP contribution is 2.51. The van der Waals surface area contributed by atoms with Crippen molar-refractivity contribution in [3.63, 3.8) is 0 Å². The Kier molecular flexibility index (Phi) is 6.94. The summed E-state index contributed by atoms with van der Waals surface area (Å²) in [4.78, 5) is 7.09. The number of nitrogens with zero attached hydrogens (tertiary/aromatic N) is 2. The van der Waals surface area contributed by atoms with Crippen LogP contribution in [-0.4, -0.2) is 4.98 Å². The monoisotopic (exact) mass is 784 g/mol. The van der Waals surface area contributed by atoms with Crippen molar-refractivity contribution in [2.24, 2.45) is 0 Å². The molecule has 13 rings (SSSR count). The predicted octanol–water partition coefficient (Wildman–Crippen LogP) is 16.3. The second kappa shape index (κ2) is 12.4. The van der Waals surface area contributed by atoms with E-state index in [1.165, 1.54) is 74.7 Å². The zero-order valence-corrected chi connectivity index (χ0v) is 33.8. The SMILES string of the molecule is CC1(C)c2ccccc2-c2ccc(N(c3ccc4oc5ccc(-c6ccccn6)cc5c4c3)c3ccc4sc5cc6c7ccccc7c7ccccc7c6cc5c4c3)cc21. The molecule has 3 heterocycles. The van der Waals surface area contributed by atoms with Gasteiger partial charge in [-0.25, -0.2) is 0 Å². The molecule has 0 saturated carbocycles. The summed E-state index contributed by atoms with van der Waals surface area (Å²) >= 11 is 1.88. The van der Waals surface area contributed by atoms with Gasteiger partial charge in [0.25, 0.3) is 0 Å². The fourth-order valence-electron chi connectivity index (χ4n) is 10.2. The molecule has 60 heavy (non-hydrogen) atoms. The average Bonchev–Trinajstić information content (AvgIpc) is 3.92. The van der Waals surface area contributed by atoms with E-state index in [1.54, 1.807) is 0 Å². The van der Waals surface area contributed by atoms with Crippen LogP contribution in [0.1, 0.15) is 25.0 Å². The minimum atomic E-state index is -0.137.